The maximum Gasteiger partial charge on any atom is 0.237 e. The summed E-state index contributed by atoms with van der Waals surface area (Å²) in [6, 6.07) is -0.185. The second kappa shape index (κ2) is 8.51. The number of nitrogens with zero attached hydrogens (tertiary/aromatic N) is 3. The van der Waals surface area contributed by atoms with Crippen LogP contribution in [0.4, 0.5) is 0 Å². The second-order valence-electron chi connectivity index (χ2n) is 10.3. The number of unbranched alkanes of at least 4 members (excludes halogenated alkanes) is 1. The van der Waals surface area contributed by atoms with Crippen LogP contribution in [0.25, 0.3) is 0 Å². The molecule has 0 aromatic carbocycles. The average Bonchev–Trinajstić information content (AvgIpc) is 2.87. The van der Waals surface area contributed by atoms with E-state index < -0.39 is 0 Å². The molecule has 1 amide bonds. The van der Waals surface area contributed by atoms with Gasteiger partial charge in [-0.15, -0.1) is 5.10 Å². The van der Waals surface area contributed by atoms with Crippen molar-refractivity contribution in [2.75, 3.05) is 0 Å². The van der Waals surface area contributed by atoms with Gasteiger partial charge in [0.05, 0.1) is 11.7 Å². The van der Waals surface area contributed by atoms with Crippen molar-refractivity contribution in [2.45, 2.75) is 111 Å². The minimum absolute atomic E-state index is 0.0189. The van der Waals surface area contributed by atoms with Gasteiger partial charge in [-0.3, -0.25) is 9.48 Å². The first-order chi connectivity index (χ1) is 11.7. The van der Waals surface area contributed by atoms with E-state index in [0.717, 1.165) is 31.5 Å². The Hall–Kier alpha value is -1.43. The molecular formula is C20H39N5O. The molecule has 0 saturated carbocycles. The summed E-state index contributed by atoms with van der Waals surface area (Å²) in [6.45, 7) is 19.5. The third-order valence-electron chi connectivity index (χ3n) is 3.86. The summed E-state index contributed by atoms with van der Waals surface area (Å²) in [4.78, 5) is 12.6. The summed E-state index contributed by atoms with van der Waals surface area (Å²) < 4.78 is 1.90. The van der Waals surface area contributed by atoms with Gasteiger partial charge in [0.15, 0.2) is 0 Å². The van der Waals surface area contributed by atoms with E-state index in [-0.39, 0.29) is 28.4 Å². The molecule has 0 spiro atoms. The molecule has 0 bridgehead atoms. The Morgan fingerprint density at radius 3 is 2.12 bits per heavy atom. The highest BCUT2D eigenvalue weighted by atomic mass is 16.2. The summed E-state index contributed by atoms with van der Waals surface area (Å²) in [5.74, 6) is 0.0724. The Bertz CT molecular complexity index is 572. The van der Waals surface area contributed by atoms with E-state index in [4.69, 9.17) is 0 Å². The summed E-state index contributed by atoms with van der Waals surface area (Å²) in [7, 11) is 0. The van der Waals surface area contributed by atoms with E-state index in [1.54, 1.807) is 0 Å². The smallest absolute Gasteiger partial charge is 0.237 e. The molecule has 1 aromatic heterocycles. The van der Waals surface area contributed by atoms with E-state index in [9.17, 15) is 4.79 Å². The zero-order chi connectivity index (χ0) is 20.2. The second-order valence-corrected chi connectivity index (χ2v) is 10.3. The maximum atomic E-state index is 12.6. The fraction of sp³-hybridized carbons (Fsp3) is 0.850. The lowest BCUT2D eigenvalue weighted by Gasteiger charge is -2.31. The van der Waals surface area contributed by atoms with Gasteiger partial charge in [0, 0.05) is 29.2 Å². The normalized spacial score (nSPS) is 14.3. The summed E-state index contributed by atoms with van der Waals surface area (Å²) >= 11 is 0. The van der Waals surface area contributed by atoms with Crippen molar-refractivity contribution in [1.82, 2.24) is 25.6 Å². The molecular weight excluding hydrogens is 326 g/mol. The van der Waals surface area contributed by atoms with Gasteiger partial charge < -0.3 is 10.6 Å². The van der Waals surface area contributed by atoms with Gasteiger partial charge in [-0.2, -0.15) is 0 Å². The zero-order valence-corrected chi connectivity index (χ0v) is 18.2. The van der Waals surface area contributed by atoms with Crippen LogP contribution in [-0.4, -0.2) is 38.0 Å². The number of hydrogen-bond donors (Lipinski definition) is 2. The molecule has 0 radical (unpaired) electrons. The van der Waals surface area contributed by atoms with Gasteiger partial charge in [-0.05, 0) is 60.8 Å². The van der Waals surface area contributed by atoms with Gasteiger partial charge in [0.25, 0.3) is 0 Å². The molecule has 6 heteroatoms. The Morgan fingerprint density at radius 1 is 1.04 bits per heavy atom. The molecule has 1 heterocycles. The van der Waals surface area contributed by atoms with Gasteiger partial charge in [-0.25, -0.2) is 0 Å². The van der Waals surface area contributed by atoms with Gasteiger partial charge in [-0.1, -0.05) is 26.0 Å². The number of nitrogens with one attached hydrogen (secondary N) is 2. The van der Waals surface area contributed by atoms with E-state index in [2.05, 4.69) is 62.5 Å². The van der Waals surface area contributed by atoms with E-state index in [0.29, 0.717) is 0 Å². The van der Waals surface area contributed by atoms with E-state index >= 15 is 0 Å². The molecule has 1 aromatic rings. The van der Waals surface area contributed by atoms with Gasteiger partial charge in [0.2, 0.25) is 5.91 Å². The third kappa shape index (κ3) is 8.79. The number of aryl methyl sites for hydroxylation is 1. The lowest BCUT2D eigenvalue weighted by molar-refractivity contribution is -0.125. The van der Waals surface area contributed by atoms with Crippen molar-refractivity contribution in [3.63, 3.8) is 0 Å². The van der Waals surface area contributed by atoms with Crippen molar-refractivity contribution in [3.8, 4) is 0 Å². The van der Waals surface area contributed by atoms with E-state index in [1.807, 2.05) is 31.6 Å². The molecule has 0 fully saturated rings. The number of aromatic nitrogens is 3. The first-order valence-electron chi connectivity index (χ1n) is 9.68. The molecule has 1 unspecified atom stereocenters. The lowest BCUT2D eigenvalue weighted by Crippen LogP contribution is -2.55. The standard InChI is InChI=1S/C20H39N5O/c1-18(2,3)16-14-25(24-23-16)13-11-10-12-15(21-19(4,5)6)17(26)22-20(7,8)9/h14-15,21H,10-13H2,1-9H3,(H,22,26). The summed E-state index contributed by atoms with van der Waals surface area (Å²) in [6.07, 6.45) is 4.76. The number of amides is 1. The van der Waals surface area contributed by atoms with Crippen LogP contribution < -0.4 is 10.6 Å². The maximum absolute atomic E-state index is 12.6. The summed E-state index contributed by atoms with van der Waals surface area (Å²) in [5.41, 5.74) is 0.701. The molecule has 1 atom stereocenters. The van der Waals surface area contributed by atoms with Crippen LogP contribution in [0, 0.1) is 0 Å². The van der Waals surface area contributed by atoms with Crippen LogP contribution in [0.5, 0.6) is 0 Å². The molecule has 2 N–H and O–H groups in total. The molecule has 0 saturated heterocycles. The zero-order valence-electron chi connectivity index (χ0n) is 18.2. The average molecular weight is 366 g/mol. The first-order valence-corrected chi connectivity index (χ1v) is 9.68. The predicted molar refractivity (Wildman–Crippen MR) is 107 cm³/mol. The Labute approximate surface area is 159 Å². The molecule has 26 heavy (non-hydrogen) atoms. The minimum atomic E-state index is -0.223. The topological polar surface area (TPSA) is 71.8 Å². The Balaban J connectivity index is 2.55. The van der Waals surface area contributed by atoms with E-state index in [1.165, 1.54) is 0 Å². The van der Waals surface area contributed by atoms with Crippen molar-refractivity contribution >= 4 is 5.91 Å². The molecule has 1 rings (SSSR count). The van der Waals surface area contributed by atoms with Crippen molar-refractivity contribution < 1.29 is 4.79 Å². The number of rotatable bonds is 7. The quantitative estimate of drug-likeness (QED) is 0.726. The van der Waals surface area contributed by atoms with Crippen molar-refractivity contribution in [3.05, 3.63) is 11.9 Å². The molecule has 0 aliphatic heterocycles. The number of carbonyl (C=O) groups excluding carboxylic acids is 1. The van der Waals surface area contributed by atoms with Crippen LogP contribution in [0.15, 0.2) is 6.20 Å². The van der Waals surface area contributed by atoms with Crippen LogP contribution >= 0.6 is 0 Å². The molecule has 150 valence electrons. The minimum Gasteiger partial charge on any atom is -0.350 e. The van der Waals surface area contributed by atoms with Crippen molar-refractivity contribution in [1.29, 1.82) is 0 Å². The fourth-order valence-electron chi connectivity index (χ4n) is 2.62. The Morgan fingerprint density at radius 2 is 1.65 bits per heavy atom. The van der Waals surface area contributed by atoms with Crippen LogP contribution in [0.2, 0.25) is 0 Å². The monoisotopic (exact) mass is 365 g/mol. The van der Waals surface area contributed by atoms with Crippen LogP contribution in [0.3, 0.4) is 0 Å². The molecule has 0 aliphatic carbocycles. The largest absolute Gasteiger partial charge is 0.350 e. The molecule has 0 aliphatic rings. The highest BCUT2D eigenvalue weighted by Gasteiger charge is 2.26. The van der Waals surface area contributed by atoms with Crippen molar-refractivity contribution in [2.24, 2.45) is 0 Å². The fourth-order valence-corrected chi connectivity index (χ4v) is 2.62. The predicted octanol–water partition coefficient (Wildman–Crippen LogP) is 3.42. The summed E-state index contributed by atoms with van der Waals surface area (Å²) in [5, 5.41) is 15.0. The van der Waals surface area contributed by atoms with Crippen LogP contribution in [0.1, 0.15) is 87.3 Å². The number of hydrogen-bond acceptors (Lipinski definition) is 4. The lowest BCUT2D eigenvalue weighted by atomic mass is 9.93. The van der Waals surface area contributed by atoms with Crippen LogP contribution in [-0.2, 0) is 16.8 Å². The van der Waals surface area contributed by atoms with Gasteiger partial charge >= 0.3 is 0 Å². The molecule has 6 nitrogen and oxygen atoms in total. The highest BCUT2D eigenvalue weighted by molar-refractivity contribution is 5.82. The SMILES string of the molecule is CC(C)(C)NC(=O)C(CCCCn1cc(C(C)(C)C)nn1)NC(C)(C)C. The van der Waals surface area contributed by atoms with Gasteiger partial charge in [0.1, 0.15) is 0 Å². The third-order valence-corrected chi connectivity index (χ3v) is 3.86. The number of carbonyl (C=O) groups is 1. The highest BCUT2D eigenvalue weighted by Crippen LogP contribution is 2.19. The first kappa shape index (κ1) is 22.6. The Kier molecular flexibility index (Phi) is 7.40.